The van der Waals surface area contributed by atoms with E-state index in [1.807, 2.05) is 4.90 Å². The van der Waals surface area contributed by atoms with Gasteiger partial charge in [-0.25, -0.2) is 0 Å². The number of nitrogens with zero attached hydrogens (tertiary/aromatic N) is 1. The molecule has 0 radical (unpaired) electrons. The Morgan fingerprint density at radius 2 is 0.900 bits per heavy atom. The van der Waals surface area contributed by atoms with E-state index in [-0.39, 0.29) is 5.41 Å². The molecule has 0 spiro atoms. The van der Waals surface area contributed by atoms with E-state index in [0.29, 0.717) is 85.1 Å². The number of carbonyl (C=O) groups excluding carboxylic acids is 1. The summed E-state index contributed by atoms with van der Waals surface area (Å²) >= 11 is 0. The van der Waals surface area contributed by atoms with E-state index in [1.165, 1.54) is 19.3 Å². The van der Waals surface area contributed by atoms with Crippen molar-refractivity contribution in [3.05, 3.63) is 0 Å². The molecule has 0 unspecified atom stereocenters. The topological polar surface area (TPSA) is 66.5 Å². The molecule has 0 atom stereocenters. The quantitative estimate of drug-likeness (QED) is 0.641. The molecule has 1 aliphatic heterocycles. The maximum Gasteiger partial charge on any atom is 0.228 e. The van der Waals surface area contributed by atoms with Gasteiger partial charge in [0.15, 0.2) is 0 Å². The van der Waals surface area contributed by atoms with Crippen LogP contribution in [0.3, 0.4) is 0 Å². The lowest BCUT2D eigenvalue weighted by Gasteiger charge is -2.56. The zero-order chi connectivity index (χ0) is 20.7. The average molecular weight is 426 g/mol. The Balaban J connectivity index is 1.31. The summed E-state index contributed by atoms with van der Waals surface area (Å²) in [7, 11) is 0. The lowest BCUT2D eigenvalue weighted by Crippen LogP contribution is -2.55. The highest BCUT2D eigenvalue weighted by atomic mass is 16.6. The van der Waals surface area contributed by atoms with Gasteiger partial charge in [-0.1, -0.05) is 0 Å². The van der Waals surface area contributed by atoms with Gasteiger partial charge < -0.3 is 28.6 Å². The van der Waals surface area contributed by atoms with Crippen molar-refractivity contribution in [3.8, 4) is 0 Å². The van der Waals surface area contributed by atoms with Gasteiger partial charge in [0.2, 0.25) is 5.91 Å². The summed E-state index contributed by atoms with van der Waals surface area (Å²) in [4.78, 5) is 15.7. The van der Waals surface area contributed by atoms with Gasteiger partial charge in [-0.05, 0) is 56.3 Å². The Bertz CT molecular complexity index is 489. The van der Waals surface area contributed by atoms with Crippen LogP contribution in [0.2, 0.25) is 0 Å². The van der Waals surface area contributed by atoms with Crippen LogP contribution in [-0.4, -0.2) is 90.0 Å². The second-order valence-corrected chi connectivity index (χ2v) is 9.55. The Morgan fingerprint density at radius 3 is 1.27 bits per heavy atom. The number of amides is 1. The van der Waals surface area contributed by atoms with Crippen LogP contribution >= 0.6 is 0 Å². The highest BCUT2D eigenvalue weighted by Crippen LogP contribution is 2.60. The van der Waals surface area contributed by atoms with E-state index < -0.39 is 0 Å². The van der Waals surface area contributed by atoms with E-state index in [0.717, 1.165) is 37.0 Å². The van der Waals surface area contributed by atoms with Crippen LogP contribution in [0.15, 0.2) is 0 Å². The summed E-state index contributed by atoms with van der Waals surface area (Å²) < 4.78 is 28.0. The van der Waals surface area contributed by atoms with Crippen molar-refractivity contribution >= 4 is 5.91 Å². The lowest BCUT2D eigenvalue weighted by atomic mass is 9.49. The highest BCUT2D eigenvalue weighted by Gasteiger charge is 2.55. The normalized spacial score (nSPS) is 37.5. The SMILES string of the molecule is O=C(N1CCOCCOCCOCCOCCOCC1)C12CC3CC(CC(C3)C1)C2. The number of rotatable bonds is 1. The smallest absolute Gasteiger partial charge is 0.228 e. The minimum Gasteiger partial charge on any atom is -0.377 e. The predicted molar refractivity (Wildman–Crippen MR) is 111 cm³/mol. The maximum atomic E-state index is 13.7. The first-order valence-electron chi connectivity index (χ1n) is 11.9. The molecule has 5 aliphatic rings. The predicted octanol–water partition coefficient (Wildman–Crippen LogP) is 2.13. The largest absolute Gasteiger partial charge is 0.377 e. The fraction of sp³-hybridized carbons (Fsp3) is 0.957. The van der Waals surface area contributed by atoms with Gasteiger partial charge in [-0.3, -0.25) is 4.79 Å². The molecule has 4 saturated carbocycles. The molecule has 0 N–H and O–H groups in total. The van der Waals surface area contributed by atoms with Gasteiger partial charge in [-0.2, -0.15) is 0 Å². The molecular formula is C23H39NO6. The van der Waals surface area contributed by atoms with Crippen molar-refractivity contribution in [3.63, 3.8) is 0 Å². The van der Waals surface area contributed by atoms with Gasteiger partial charge >= 0.3 is 0 Å². The third kappa shape index (κ3) is 5.94. The number of carbonyl (C=O) groups is 1. The minimum atomic E-state index is -0.113. The van der Waals surface area contributed by atoms with Crippen molar-refractivity contribution in [1.29, 1.82) is 0 Å². The van der Waals surface area contributed by atoms with E-state index in [9.17, 15) is 4.79 Å². The number of hydrogen-bond donors (Lipinski definition) is 0. The molecular weight excluding hydrogens is 386 g/mol. The molecule has 172 valence electrons. The standard InChI is InChI=1S/C23H39NO6/c25-22(23-16-19-13-20(17-23)15-21(14-19)18-23)24-1-3-26-5-7-28-9-11-30-12-10-29-8-6-27-4-2-24/h19-21H,1-18H2. The summed E-state index contributed by atoms with van der Waals surface area (Å²) in [5.41, 5.74) is -0.113. The van der Waals surface area contributed by atoms with Crippen LogP contribution in [0.25, 0.3) is 0 Å². The van der Waals surface area contributed by atoms with Crippen molar-refractivity contribution in [2.45, 2.75) is 38.5 Å². The molecule has 1 saturated heterocycles. The lowest BCUT2D eigenvalue weighted by molar-refractivity contribution is -0.159. The zero-order valence-electron chi connectivity index (χ0n) is 18.4. The van der Waals surface area contributed by atoms with Crippen LogP contribution in [0, 0.1) is 23.2 Å². The third-order valence-corrected chi connectivity index (χ3v) is 7.28. The van der Waals surface area contributed by atoms with Crippen molar-refractivity contribution in [2.75, 3.05) is 79.2 Å². The first-order valence-corrected chi connectivity index (χ1v) is 11.9. The molecule has 30 heavy (non-hydrogen) atoms. The van der Waals surface area contributed by atoms with Gasteiger partial charge in [-0.15, -0.1) is 0 Å². The van der Waals surface area contributed by atoms with Crippen LogP contribution in [0.4, 0.5) is 0 Å². The molecule has 5 fully saturated rings. The Kier molecular flexibility index (Phi) is 8.41. The molecule has 4 bridgehead atoms. The number of hydrogen-bond acceptors (Lipinski definition) is 6. The molecule has 0 aromatic rings. The van der Waals surface area contributed by atoms with E-state index in [4.69, 9.17) is 23.7 Å². The van der Waals surface area contributed by atoms with E-state index in [1.54, 1.807) is 0 Å². The first kappa shape index (κ1) is 22.5. The van der Waals surface area contributed by atoms with Gasteiger partial charge in [0.1, 0.15) is 0 Å². The zero-order valence-corrected chi connectivity index (χ0v) is 18.4. The minimum absolute atomic E-state index is 0.113. The Morgan fingerprint density at radius 1 is 0.567 bits per heavy atom. The maximum absolute atomic E-state index is 13.7. The van der Waals surface area contributed by atoms with Crippen molar-refractivity contribution in [2.24, 2.45) is 23.2 Å². The summed E-state index contributed by atoms with van der Waals surface area (Å²) in [6.07, 6.45) is 7.34. The summed E-state index contributed by atoms with van der Waals surface area (Å²) in [6, 6.07) is 0. The van der Waals surface area contributed by atoms with Crippen LogP contribution in [0.1, 0.15) is 38.5 Å². The summed E-state index contributed by atoms with van der Waals surface area (Å²) in [5.74, 6) is 2.66. The van der Waals surface area contributed by atoms with Crippen LogP contribution in [-0.2, 0) is 28.5 Å². The second kappa shape index (κ2) is 11.2. The summed E-state index contributed by atoms with van der Waals surface area (Å²) in [5, 5.41) is 0. The van der Waals surface area contributed by atoms with Crippen molar-refractivity contribution in [1.82, 2.24) is 4.90 Å². The molecule has 1 heterocycles. The Hall–Kier alpha value is -0.730. The third-order valence-electron chi connectivity index (χ3n) is 7.28. The van der Waals surface area contributed by atoms with Crippen LogP contribution in [0.5, 0.6) is 0 Å². The van der Waals surface area contributed by atoms with E-state index in [2.05, 4.69) is 0 Å². The average Bonchev–Trinajstić information content (AvgIpc) is 2.72. The van der Waals surface area contributed by atoms with Gasteiger partial charge in [0.25, 0.3) is 0 Å². The molecule has 7 heteroatoms. The van der Waals surface area contributed by atoms with Gasteiger partial charge in [0, 0.05) is 13.1 Å². The van der Waals surface area contributed by atoms with Gasteiger partial charge in [0.05, 0.1) is 71.5 Å². The molecule has 0 aromatic carbocycles. The van der Waals surface area contributed by atoms with E-state index >= 15 is 0 Å². The summed E-state index contributed by atoms with van der Waals surface area (Å²) in [6.45, 7) is 6.76. The number of ether oxygens (including phenoxy) is 5. The second-order valence-electron chi connectivity index (χ2n) is 9.55. The molecule has 0 aromatic heterocycles. The molecule has 7 nitrogen and oxygen atoms in total. The molecule has 5 rings (SSSR count). The fourth-order valence-corrected chi connectivity index (χ4v) is 6.35. The first-order chi connectivity index (χ1) is 14.8. The fourth-order valence-electron chi connectivity index (χ4n) is 6.35. The molecule has 1 amide bonds. The van der Waals surface area contributed by atoms with Crippen molar-refractivity contribution < 1.29 is 28.5 Å². The van der Waals surface area contributed by atoms with Crippen LogP contribution < -0.4 is 0 Å². The monoisotopic (exact) mass is 425 g/mol. The highest BCUT2D eigenvalue weighted by molar-refractivity contribution is 5.83. The Labute approximate surface area is 180 Å². The molecule has 4 aliphatic carbocycles.